The Balaban J connectivity index is 1.74. The molecule has 0 unspecified atom stereocenters. The highest BCUT2D eigenvalue weighted by Crippen LogP contribution is 2.17. The van der Waals surface area contributed by atoms with E-state index in [4.69, 9.17) is 5.11 Å². The van der Waals surface area contributed by atoms with E-state index in [9.17, 15) is 0 Å². The van der Waals surface area contributed by atoms with Gasteiger partial charge in [-0.1, -0.05) is 42.2 Å². The minimum absolute atomic E-state index is 0.127. The van der Waals surface area contributed by atoms with E-state index in [1.54, 1.807) is 16.1 Å². The van der Waals surface area contributed by atoms with Gasteiger partial charge in [-0.15, -0.1) is 21.5 Å². The molecule has 0 fully saturated rings. The van der Waals surface area contributed by atoms with Crippen molar-refractivity contribution in [2.75, 3.05) is 6.61 Å². The average molecular weight is 296 g/mol. The first-order chi connectivity index (χ1) is 10.3. The number of hydrogen-bond acceptors (Lipinski definition) is 5. The van der Waals surface area contributed by atoms with Crippen LogP contribution in [-0.4, -0.2) is 31.9 Å². The minimum Gasteiger partial charge on any atom is -0.384 e. The molecule has 0 aliphatic heterocycles. The maximum atomic E-state index is 8.68. The van der Waals surface area contributed by atoms with Crippen LogP contribution in [0.2, 0.25) is 0 Å². The van der Waals surface area contributed by atoms with Gasteiger partial charge in [-0.05, 0) is 17.3 Å². The molecule has 0 bridgehead atoms. The summed E-state index contributed by atoms with van der Waals surface area (Å²) in [5.74, 6) is 6.14. The minimum atomic E-state index is -0.127. The van der Waals surface area contributed by atoms with Crippen LogP contribution >= 0.6 is 11.3 Å². The van der Waals surface area contributed by atoms with Crippen LogP contribution in [0.1, 0.15) is 9.75 Å². The number of aromatic nitrogens is 4. The summed E-state index contributed by atoms with van der Waals surface area (Å²) in [5, 5.41) is 21.2. The van der Waals surface area contributed by atoms with Crippen molar-refractivity contribution in [3.05, 3.63) is 52.2 Å². The molecule has 0 saturated heterocycles. The highest BCUT2D eigenvalue weighted by Gasteiger charge is 2.06. The third-order valence-corrected chi connectivity index (χ3v) is 3.72. The summed E-state index contributed by atoms with van der Waals surface area (Å²) in [7, 11) is 0. The molecule has 0 spiro atoms. The lowest BCUT2D eigenvalue weighted by Gasteiger charge is -1.94. The zero-order chi connectivity index (χ0) is 14.5. The van der Waals surface area contributed by atoms with Crippen LogP contribution in [0.3, 0.4) is 0 Å². The van der Waals surface area contributed by atoms with Crippen molar-refractivity contribution in [1.29, 1.82) is 0 Å². The van der Waals surface area contributed by atoms with Gasteiger partial charge >= 0.3 is 0 Å². The fourth-order valence-corrected chi connectivity index (χ4v) is 2.67. The molecule has 0 saturated carbocycles. The monoisotopic (exact) mass is 296 g/mol. The normalized spacial score (nSPS) is 10.1. The molecule has 21 heavy (non-hydrogen) atoms. The summed E-state index contributed by atoms with van der Waals surface area (Å²) < 4.78 is 0. The van der Waals surface area contributed by atoms with Crippen molar-refractivity contribution in [2.24, 2.45) is 0 Å². The maximum absolute atomic E-state index is 8.68. The van der Waals surface area contributed by atoms with Gasteiger partial charge in [0.1, 0.15) is 6.61 Å². The summed E-state index contributed by atoms with van der Waals surface area (Å²) in [6.45, 7) is 0.434. The van der Waals surface area contributed by atoms with Crippen molar-refractivity contribution in [3.8, 4) is 23.2 Å². The lowest BCUT2D eigenvalue weighted by Crippen LogP contribution is -2.02. The maximum Gasteiger partial charge on any atom is 0.204 e. The fourth-order valence-electron chi connectivity index (χ4n) is 1.81. The van der Waals surface area contributed by atoms with Gasteiger partial charge in [0, 0.05) is 10.4 Å². The number of nitrogens with zero attached hydrogens (tertiary/aromatic N) is 4. The Bertz CT molecular complexity index is 783. The lowest BCUT2D eigenvalue weighted by molar-refractivity contribution is 0.350. The Morgan fingerprint density at radius 2 is 2.00 bits per heavy atom. The van der Waals surface area contributed by atoms with Crippen LogP contribution in [0.15, 0.2) is 42.5 Å². The van der Waals surface area contributed by atoms with E-state index in [-0.39, 0.29) is 6.61 Å². The number of thiophene rings is 1. The van der Waals surface area contributed by atoms with E-state index in [2.05, 4.69) is 27.3 Å². The van der Waals surface area contributed by atoms with E-state index in [1.807, 2.05) is 42.5 Å². The third kappa shape index (κ3) is 3.34. The zero-order valence-corrected chi connectivity index (χ0v) is 11.9. The summed E-state index contributed by atoms with van der Waals surface area (Å²) in [6.07, 6.45) is 0. The van der Waals surface area contributed by atoms with Gasteiger partial charge < -0.3 is 5.11 Å². The van der Waals surface area contributed by atoms with Crippen molar-refractivity contribution in [3.63, 3.8) is 0 Å². The van der Waals surface area contributed by atoms with Crippen LogP contribution in [0.5, 0.6) is 0 Å². The first kappa shape index (κ1) is 13.5. The van der Waals surface area contributed by atoms with Crippen LogP contribution in [0.25, 0.3) is 11.4 Å². The molecule has 1 aromatic carbocycles. The predicted molar refractivity (Wildman–Crippen MR) is 80.6 cm³/mol. The Morgan fingerprint density at radius 3 is 2.81 bits per heavy atom. The Kier molecular flexibility index (Phi) is 4.05. The highest BCUT2D eigenvalue weighted by molar-refractivity contribution is 7.12. The molecular formula is C15H12N4OS. The first-order valence-electron chi connectivity index (χ1n) is 6.37. The fraction of sp³-hybridized carbons (Fsp3) is 0.133. The molecule has 2 aromatic heterocycles. The summed E-state index contributed by atoms with van der Waals surface area (Å²) in [5.41, 5.74) is 0.949. The SMILES string of the molecule is OCC#Cc1ccc(Cn2nnc(-c3ccccc3)n2)s1. The zero-order valence-electron chi connectivity index (χ0n) is 11.1. The van der Waals surface area contributed by atoms with Gasteiger partial charge in [0.2, 0.25) is 5.82 Å². The molecule has 5 nitrogen and oxygen atoms in total. The number of tetrazole rings is 1. The largest absolute Gasteiger partial charge is 0.384 e. The third-order valence-electron chi connectivity index (χ3n) is 2.73. The van der Waals surface area contributed by atoms with Crippen LogP contribution in [0.4, 0.5) is 0 Å². The van der Waals surface area contributed by atoms with Crippen molar-refractivity contribution < 1.29 is 5.11 Å². The Labute approximate surface area is 125 Å². The second-order valence-electron chi connectivity index (χ2n) is 4.24. The molecule has 0 aliphatic rings. The number of aliphatic hydroxyl groups is 1. The molecule has 3 aromatic rings. The van der Waals surface area contributed by atoms with Crippen LogP contribution in [0, 0.1) is 11.8 Å². The molecule has 0 amide bonds. The predicted octanol–water partition coefficient (Wildman–Crippen LogP) is 1.79. The topological polar surface area (TPSA) is 63.8 Å². The molecular weight excluding hydrogens is 284 g/mol. The summed E-state index contributed by atoms with van der Waals surface area (Å²) in [6, 6.07) is 13.7. The number of benzene rings is 1. The van der Waals surface area contributed by atoms with E-state index in [1.165, 1.54) is 0 Å². The smallest absolute Gasteiger partial charge is 0.204 e. The van der Waals surface area contributed by atoms with Gasteiger partial charge in [-0.3, -0.25) is 0 Å². The number of hydrogen-bond donors (Lipinski definition) is 1. The molecule has 3 rings (SSSR count). The molecule has 104 valence electrons. The standard InChI is InChI=1S/C15H12N4OS/c20-10-4-7-13-8-9-14(21-13)11-19-17-15(16-18-19)12-5-2-1-3-6-12/h1-3,5-6,8-9,20H,10-11H2. The molecule has 2 heterocycles. The first-order valence-corrected chi connectivity index (χ1v) is 7.18. The second kappa shape index (κ2) is 6.31. The average Bonchev–Trinajstić information content (AvgIpc) is 3.16. The van der Waals surface area contributed by atoms with Crippen molar-refractivity contribution in [2.45, 2.75) is 6.54 Å². The molecule has 6 heteroatoms. The van der Waals surface area contributed by atoms with Gasteiger partial charge in [0.05, 0.1) is 11.4 Å². The molecule has 0 radical (unpaired) electrons. The van der Waals surface area contributed by atoms with Gasteiger partial charge in [0.25, 0.3) is 0 Å². The Hall–Kier alpha value is -2.49. The van der Waals surface area contributed by atoms with Gasteiger partial charge in [0.15, 0.2) is 0 Å². The highest BCUT2D eigenvalue weighted by atomic mass is 32.1. The van der Waals surface area contributed by atoms with Crippen molar-refractivity contribution >= 4 is 11.3 Å². The summed E-state index contributed by atoms with van der Waals surface area (Å²) >= 11 is 1.56. The van der Waals surface area contributed by atoms with E-state index in [0.717, 1.165) is 15.3 Å². The lowest BCUT2D eigenvalue weighted by atomic mass is 10.2. The quantitative estimate of drug-likeness (QED) is 0.749. The van der Waals surface area contributed by atoms with Gasteiger partial charge in [-0.2, -0.15) is 4.80 Å². The van der Waals surface area contributed by atoms with E-state index >= 15 is 0 Å². The molecule has 0 aliphatic carbocycles. The number of rotatable bonds is 3. The Morgan fingerprint density at radius 1 is 1.14 bits per heavy atom. The van der Waals surface area contributed by atoms with Gasteiger partial charge in [-0.25, -0.2) is 0 Å². The van der Waals surface area contributed by atoms with E-state index in [0.29, 0.717) is 12.4 Å². The van der Waals surface area contributed by atoms with E-state index < -0.39 is 0 Å². The molecule has 1 N–H and O–H groups in total. The second-order valence-corrected chi connectivity index (χ2v) is 5.40. The van der Waals surface area contributed by atoms with Crippen LogP contribution < -0.4 is 0 Å². The number of aliphatic hydroxyl groups excluding tert-OH is 1. The summed E-state index contributed by atoms with van der Waals surface area (Å²) in [4.78, 5) is 3.58. The van der Waals surface area contributed by atoms with Crippen molar-refractivity contribution in [1.82, 2.24) is 20.2 Å². The molecule has 0 atom stereocenters. The van der Waals surface area contributed by atoms with Crippen LogP contribution in [-0.2, 0) is 6.54 Å².